The monoisotopic (exact) mass is 1820 g/mol. The van der Waals surface area contributed by atoms with Gasteiger partial charge in [-0.2, -0.15) is 5.26 Å². The summed E-state index contributed by atoms with van der Waals surface area (Å²) in [5.41, 5.74) is -4.13. The molecule has 42 heteroatoms. The SMILES string of the molecule is CC(C)N(C(C)C)P(OCCC#N)N(C(C)C)C(C)C.CCC(CC)OC(CO)n1ccc(=O)[nH]c1=O.CCC(CC)O[C@H](COCCOC)n1ccc(=O)[nH]c1=O.CC[C@H](CO)O[C@H](COCCOC)n1ccc(=O)[nH]c1=O.COCCBr.F.N.[C-]#[N+]CCOP(OC[C@@H](CC)O[C@H](COCCOC)n1ccc(=O)[nH]c1=O)N(C(C)C)C(C)C. The number of hydrogen-bond donors (Lipinski definition) is 7. The zero-order chi connectivity index (χ0) is 89.7. The van der Waals surface area contributed by atoms with Gasteiger partial charge in [-0.25, -0.2) is 39.8 Å². The van der Waals surface area contributed by atoms with Crippen LogP contribution < -0.4 is 51.1 Å². The molecule has 4 rings (SSSR count). The van der Waals surface area contributed by atoms with E-state index in [2.05, 4.69) is 149 Å². The van der Waals surface area contributed by atoms with Gasteiger partial charge in [0.2, 0.25) is 6.54 Å². The van der Waals surface area contributed by atoms with Crippen molar-refractivity contribution in [2.45, 2.75) is 255 Å². The zero-order valence-electron chi connectivity index (χ0n) is 75.0. The lowest BCUT2D eigenvalue weighted by Gasteiger charge is -2.45. The molecule has 7 atom stereocenters. The van der Waals surface area contributed by atoms with Crippen molar-refractivity contribution in [3.05, 3.63) is 144 Å². The number of nitrogens with zero attached hydrogens (tertiary/aromatic N) is 9. The molecule has 0 spiro atoms. The molecule has 0 saturated heterocycles. The number of H-pyrrole nitrogens is 4. The second-order valence-corrected chi connectivity index (χ2v) is 31.5. The maximum Gasteiger partial charge on any atom is 0.330 e. The molecule has 4 heterocycles. The van der Waals surface area contributed by atoms with Crippen molar-refractivity contribution in [3.8, 4) is 6.07 Å². The number of ether oxygens (including phenoxy) is 11. The van der Waals surface area contributed by atoms with Crippen molar-refractivity contribution < 1.29 is 80.6 Å². The number of hydrogen-bond acceptors (Lipinski definition) is 29. The van der Waals surface area contributed by atoms with Crippen molar-refractivity contribution >= 4 is 32.9 Å². The first-order chi connectivity index (χ1) is 56.2. The molecule has 0 aliphatic rings. The van der Waals surface area contributed by atoms with Crippen LogP contribution in [0.3, 0.4) is 0 Å². The molecule has 0 aromatic carbocycles. The molecule has 0 bridgehead atoms. The van der Waals surface area contributed by atoms with Crippen LogP contribution in [0.15, 0.2) is 87.4 Å². The predicted molar refractivity (Wildman–Crippen MR) is 468 cm³/mol. The Morgan fingerprint density at radius 3 is 1.00 bits per heavy atom. The maximum absolute atomic E-state index is 12.4. The van der Waals surface area contributed by atoms with E-state index < -0.39 is 93.0 Å². The summed E-state index contributed by atoms with van der Waals surface area (Å²) in [4.78, 5) is 104. The number of aromatic amines is 4. The van der Waals surface area contributed by atoms with Crippen LogP contribution in [0.25, 0.3) is 4.85 Å². The average molecular weight is 1820 g/mol. The van der Waals surface area contributed by atoms with Crippen molar-refractivity contribution in [1.29, 1.82) is 5.26 Å². The van der Waals surface area contributed by atoms with Crippen LogP contribution in [0.4, 0.5) is 4.70 Å². The van der Waals surface area contributed by atoms with E-state index >= 15 is 0 Å². The van der Waals surface area contributed by atoms with E-state index in [9.17, 15) is 48.6 Å². The van der Waals surface area contributed by atoms with Gasteiger partial charge in [0.05, 0.1) is 129 Å². The second kappa shape index (κ2) is 73.5. The summed E-state index contributed by atoms with van der Waals surface area (Å²) in [6, 6.07) is 9.21. The fourth-order valence-electron chi connectivity index (χ4n) is 10.7. The molecule has 0 amide bonds. The minimum atomic E-state index is -1.41. The summed E-state index contributed by atoms with van der Waals surface area (Å²) < 4.78 is 89.6. The molecular weight excluding hydrogens is 1680 g/mol. The van der Waals surface area contributed by atoms with Gasteiger partial charge in [-0.1, -0.05) is 57.5 Å². The highest BCUT2D eigenvalue weighted by Gasteiger charge is 2.35. The van der Waals surface area contributed by atoms with Crippen LogP contribution >= 0.6 is 32.9 Å². The molecule has 0 aliphatic carbocycles. The molecule has 120 heavy (non-hydrogen) atoms. The predicted octanol–water partition coefficient (Wildman–Crippen LogP) is 9.14. The number of aromatic nitrogens is 8. The lowest BCUT2D eigenvalue weighted by molar-refractivity contribution is -0.114. The largest absolute Gasteiger partial charge is 0.394 e. The number of nitriles is 1. The minimum Gasteiger partial charge on any atom is -0.394 e. The van der Waals surface area contributed by atoms with E-state index in [0.29, 0.717) is 89.7 Å². The lowest BCUT2D eigenvalue weighted by atomic mass is 10.2. The van der Waals surface area contributed by atoms with Crippen LogP contribution in [0.2, 0.25) is 0 Å². The molecule has 9 N–H and O–H groups in total. The summed E-state index contributed by atoms with van der Waals surface area (Å²) in [6.07, 6.45) is 6.78. The third-order valence-electron chi connectivity index (χ3n) is 16.4. The second-order valence-electron chi connectivity index (χ2n) is 27.6. The maximum atomic E-state index is 12.4. The van der Waals surface area contributed by atoms with E-state index in [1.54, 1.807) is 28.4 Å². The summed E-state index contributed by atoms with van der Waals surface area (Å²) >= 11 is 3.18. The summed E-state index contributed by atoms with van der Waals surface area (Å²) in [5, 5.41) is 28.1. The Hall–Kier alpha value is -5.83. The molecule has 4 aromatic heterocycles. The molecule has 38 nitrogen and oxygen atoms in total. The third-order valence-corrected chi connectivity index (χ3v) is 21.9. The van der Waals surface area contributed by atoms with Crippen molar-refractivity contribution in [2.24, 2.45) is 0 Å². The highest BCUT2D eigenvalue weighted by molar-refractivity contribution is 9.09. The highest BCUT2D eigenvalue weighted by Crippen LogP contribution is 2.51. The summed E-state index contributed by atoms with van der Waals surface area (Å²) in [5.74, 6) is 0. The van der Waals surface area contributed by atoms with Crippen LogP contribution in [-0.2, 0) is 65.7 Å². The number of nitrogens with one attached hydrogen (secondary N) is 4. The molecule has 4 aromatic rings. The number of alkyl halides is 1. The first-order valence-corrected chi connectivity index (χ1v) is 43.6. The summed E-state index contributed by atoms with van der Waals surface area (Å²) in [7, 11) is 4.15. The van der Waals surface area contributed by atoms with Gasteiger partial charge < -0.3 is 86.9 Å². The molecule has 696 valence electrons. The number of halogens is 2. The van der Waals surface area contributed by atoms with Gasteiger partial charge in [0.15, 0.2) is 33.4 Å². The van der Waals surface area contributed by atoms with E-state index in [4.69, 9.17) is 72.8 Å². The molecule has 0 saturated carbocycles. The molecule has 0 fully saturated rings. The Kier molecular flexibility index (Phi) is 73.8. The first-order valence-electron chi connectivity index (χ1n) is 40.1. The molecule has 2 unspecified atom stereocenters. The molecule has 0 aliphatic heterocycles. The number of aliphatic hydroxyl groups is 2. The van der Waals surface area contributed by atoms with Gasteiger partial charge >= 0.3 is 22.8 Å². The van der Waals surface area contributed by atoms with E-state index in [1.807, 2.05) is 41.5 Å². The van der Waals surface area contributed by atoms with E-state index in [-0.39, 0.29) is 94.0 Å². The quantitative estimate of drug-likeness (QED) is 0.00937. The minimum absolute atomic E-state index is 0. The summed E-state index contributed by atoms with van der Waals surface area (Å²) in [6.45, 7) is 49.2. The number of methoxy groups -OCH3 is 4. The standard InChI is InChI=1S/C22H39N4O7P.C15H32N3OP.C14H24N2O5.C13H22N2O6.C11H18N2O4.C3H7BrO.FH.H3N/c1-8-19(15-32-34(31-12-10-23-6)26(17(2)3)18(4)5)33-21(16-30-14-13-29-7)25-11-9-20(27)24-22(25)28;1-12(2)17(13(3)4)20(19-11-9-10-16)18(14(5)6)15(7)8;1-4-11(5-2)21-13(10-20-9-8-19-3)16-7-6-12(17)15-14(16)18;1-3-10(8-16)21-12(9-20-7-6-19-2)15-5-4-11(17)14-13(15)18;1-3-8(4-2)17-10(7-14)13-6-5-9(15)12-11(13)16;1-5-3-2-4;;/h9,11,17-19,21H,8,10,12-16H2,1-5,7H3,(H,24,27,28);12-15H,9,11H2,1-8H3;6-7,11,13H,4-5,8-10H2,1-3H3,(H,15,17,18);4-5,10,12,16H,3,6-9H2,1-2H3,(H,14,17,18);5-6,8,10,14H,3-4,7H2,1-2H3,(H,12,15,16);2-3H2,1H3;1H;1H3/t19-,21-,34?;;13-;10-,12-;;;;/m1.11..../s1. The Balaban J connectivity index is -0.000000701. The Morgan fingerprint density at radius 2 is 0.742 bits per heavy atom. The van der Waals surface area contributed by atoms with Gasteiger partial charge in [-0.3, -0.25) is 62.1 Å². The highest BCUT2D eigenvalue weighted by atomic mass is 79.9. The van der Waals surface area contributed by atoms with E-state index in [1.165, 1.54) is 67.3 Å². The molecule has 0 radical (unpaired) electrons. The van der Waals surface area contributed by atoms with Crippen molar-refractivity contribution in [2.75, 3.05) is 139 Å². The molecular formula is C78H146BrFN14O24P2. The van der Waals surface area contributed by atoms with Crippen LogP contribution in [0.5, 0.6) is 0 Å². The van der Waals surface area contributed by atoms with Crippen molar-refractivity contribution in [3.63, 3.8) is 0 Å². The Morgan fingerprint density at radius 1 is 0.433 bits per heavy atom. The fourth-order valence-corrected chi connectivity index (χ4v) is 15.0. The van der Waals surface area contributed by atoms with Crippen LogP contribution in [-0.4, -0.2) is 263 Å². The number of rotatable bonds is 55. The lowest BCUT2D eigenvalue weighted by Crippen LogP contribution is -2.43. The zero-order valence-corrected chi connectivity index (χ0v) is 78.3. The third kappa shape index (κ3) is 50.8. The van der Waals surface area contributed by atoms with Gasteiger partial charge in [0.1, 0.15) is 6.61 Å². The van der Waals surface area contributed by atoms with E-state index in [0.717, 1.165) is 37.6 Å². The fraction of sp³-hybridized carbons (Fsp3) is 0.769. The smallest absolute Gasteiger partial charge is 0.330 e. The van der Waals surface area contributed by atoms with Gasteiger partial charge in [-0.15, -0.1) is 0 Å². The van der Waals surface area contributed by atoms with Crippen LogP contribution in [0.1, 0.15) is 194 Å². The Labute approximate surface area is 718 Å². The van der Waals surface area contributed by atoms with Crippen LogP contribution in [0, 0.1) is 17.9 Å². The van der Waals surface area contributed by atoms with Gasteiger partial charge in [0.25, 0.3) is 30.8 Å². The number of aliphatic hydroxyl groups excluding tert-OH is 2. The first kappa shape index (κ1) is 120. The topological polar surface area (TPSA) is 462 Å². The normalized spacial score (nSPS) is 13.1. The van der Waals surface area contributed by atoms with Gasteiger partial charge in [-0.05, 0) is 122 Å². The Bertz CT molecular complexity index is 3620. The van der Waals surface area contributed by atoms with Gasteiger partial charge in [0, 0.05) is 119 Å². The van der Waals surface area contributed by atoms with Crippen molar-refractivity contribution in [1.82, 2.24) is 58.4 Å². The average Bonchev–Trinajstić information content (AvgIpc) is 0.855.